The van der Waals surface area contributed by atoms with E-state index in [4.69, 9.17) is 18.9 Å². The van der Waals surface area contributed by atoms with Gasteiger partial charge < -0.3 is 28.4 Å². The highest BCUT2D eigenvalue weighted by Crippen LogP contribution is 2.29. The quantitative estimate of drug-likeness (QED) is 0.176. The molecular formula is C29H38N6O7. The van der Waals surface area contributed by atoms with E-state index in [1.807, 2.05) is 30.0 Å². The first kappa shape index (κ1) is 30.8. The number of hydrogen-bond acceptors (Lipinski definition) is 9. The summed E-state index contributed by atoms with van der Waals surface area (Å²) < 4.78 is 25.9. The molecule has 0 spiro atoms. The predicted molar refractivity (Wildman–Crippen MR) is 157 cm³/mol. The molecule has 1 amide bonds. The Labute approximate surface area is 243 Å². The molecule has 4 rings (SSSR count). The standard InChI is InChI=1S/C29H38N6O7/c1-6-41-29(40-5)42-22-12-11-21(19-23(22)39-4)9-7-8-10-24(36)34-16-13-33(14-17-34)15-18-35-20-30-26-25(35)27(37)32(3)28(38)31(26)2/h7-12,19-20,29H,6,13-18H2,1-5H3/b9-7+,10-8+/t29-/m0/s1. The van der Waals surface area contributed by atoms with Gasteiger partial charge in [0.05, 0.1) is 20.0 Å². The third-order valence-electron chi connectivity index (χ3n) is 7.10. The van der Waals surface area contributed by atoms with Crippen molar-refractivity contribution in [1.82, 2.24) is 28.5 Å². The molecule has 3 aromatic rings. The van der Waals surface area contributed by atoms with Crippen LogP contribution in [0, 0.1) is 0 Å². The number of imidazole rings is 1. The number of fused-ring (bicyclic) bond motifs is 1. The van der Waals surface area contributed by atoms with Crippen LogP contribution in [0.4, 0.5) is 0 Å². The molecule has 3 heterocycles. The van der Waals surface area contributed by atoms with Crippen LogP contribution >= 0.6 is 0 Å². The summed E-state index contributed by atoms with van der Waals surface area (Å²) in [6, 6.07) is 5.47. The fraction of sp³-hybridized carbons (Fsp3) is 0.448. The first-order valence-electron chi connectivity index (χ1n) is 13.7. The number of allylic oxidation sites excluding steroid dienone is 2. The second-order valence-corrected chi connectivity index (χ2v) is 9.71. The molecule has 1 aromatic carbocycles. The highest BCUT2D eigenvalue weighted by molar-refractivity contribution is 5.88. The third-order valence-corrected chi connectivity index (χ3v) is 7.10. The lowest BCUT2D eigenvalue weighted by molar-refractivity contribution is -0.231. The molecule has 2 aromatic heterocycles. The Morgan fingerprint density at radius 1 is 1.02 bits per heavy atom. The number of carbonyl (C=O) groups excluding carboxylic acids is 1. The van der Waals surface area contributed by atoms with Gasteiger partial charge in [0.25, 0.3) is 5.56 Å². The first-order chi connectivity index (χ1) is 20.3. The Balaban J connectivity index is 1.27. The minimum Gasteiger partial charge on any atom is -0.493 e. The molecule has 13 heteroatoms. The Morgan fingerprint density at radius 2 is 1.79 bits per heavy atom. The Kier molecular flexibility index (Phi) is 10.3. The Bertz CT molecular complexity index is 1560. The number of benzene rings is 1. The molecule has 1 saturated heterocycles. The molecule has 13 nitrogen and oxygen atoms in total. The van der Waals surface area contributed by atoms with Crippen LogP contribution < -0.4 is 20.7 Å². The summed E-state index contributed by atoms with van der Waals surface area (Å²) >= 11 is 0. The average Bonchev–Trinajstić information content (AvgIpc) is 3.44. The zero-order valence-corrected chi connectivity index (χ0v) is 24.7. The molecule has 1 fully saturated rings. The number of aryl methyl sites for hydroxylation is 1. The lowest BCUT2D eigenvalue weighted by Gasteiger charge is -2.34. The fourth-order valence-electron chi connectivity index (χ4n) is 4.69. The average molecular weight is 583 g/mol. The van der Waals surface area contributed by atoms with Gasteiger partial charge in [-0.3, -0.25) is 23.6 Å². The number of hydrogen-bond donors (Lipinski definition) is 0. The lowest BCUT2D eigenvalue weighted by atomic mass is 10.2. The van der Waals surface area contributed by atoms with E-state index in [0.717, 1.165) is 23.2 Å². The molecule has 0 bridgehead atoms. The van der Waals surface area contributed by atoms with Crippen molar-refractivity contribution in [2.24, 2.45) is 14.1 Å². The minimum atomic E-state index is -0.827. The molecule has 226 valence electrons. The third kappa shape index (κ3) is 6.98. The Morgan fingerprint density at radius 3 is 2.48 bits per heavy atom. The lowest BCUT2D eigenvalue weighted by Crippen LogP contribution is -2.49. The van der Waals surface area contributed by atoms with Crippen LogP contribution in [-0.4, -0.2) is 94.4 Å². The van der Waals surface area contributed by atoms with Gasteiger partial charge >= 0.3 is 12.2 Å². The second kappa shape index (κ2) is 14.1. The SMILES string of the molecule is CCO[C@H](OC)Oc1ccc(/C=C/C=C/C(=O)N2CCN(CCn3cnc4c3c(=O)n(C)c(=O)n4C)CC2)cc1OC. The number of ether oxygens (including phenoxy) is 4. The van der Waals surface area contributed by atoms with Crippen LogP contribution in [-0.2, 0) is 34.9 Å². The van der Waals surface area contributed by atoms with Gasteiger partial charge in [-0.25, -0.2) is 9.78 Å². The van der Waals surface area contributed by atoms with Crippen molar-refractivity contribution in [3.05, 3.63) is 69.2 Å². The van der Waals surface area contributed by atoms with E-state index < -0.39 is 12.2 Å². The highest BCUT2D eigenvalue weighted by atomic mass is 16.8. The van der Waals surface area contributed by atoms with E-state index in [1.165, 1.54) is 18.7 Å². The van der Waals surface area contributed by atoms with Crippen molar-refractivity contribution in [3.8, 4) is 11.5 Å². The molecule has 0 saturated carbocycles. The molecule has 0 unspecified atom stereocenters. The van der Waals surface area contributed by atoms with Crippen LogP contribution in [0.5, 0.6) is 11.5 Å². The van der Waals surface area contributed by atoms with Gasteiger partial charge in [-0.2, -0.15) is 0 Å². The number of methoxy groups -OCH3 is 2. The predicted octanol–water partition coefficient (Wildman–Crippen LogP) is 1.20. The summed E-state index contributed by atoms with van der Waals surface area (Å²) in [5, 5.41) is 0. The summed E-state index contributed by atoms with van der Waals surface area (Å²) in [6.45, 7) is 5.38. The molecule has 1 aliphatic heterocycles. The van der Waals surface area contributed by atoms with Gasteiger partial charge in [0, 0.05) is 66.5 Å². The van der Waals surface area contributed by atoms with Crippen LogP contribution in [0.3, 0.4) is 0 Å². The summed E-state index contributed by atoms with van der Waals surface area (Å²) in [6.07, 6.45) is 8.55. The Hall–Kier alpha value is -4.20. The minimum absolute atomic E-state index is 0.0489. The number of piperazine rings is 1. The molecule has 0 N–H and O–H groups in total. The zero-order chi connectivity index (χ0) is 30.2. The van der Waals surface area contributed by atoms with Gasteiger partial charge in [-0.15, -0.1) is 0 Å². The number of amides is 1. The normalized spacial score (nSPS) is 15.2. The summed E-state index contributed by atoms with van der Waals surface area (Å²) in [5.41, 5.74) is 0.908. The van der Waals surface area contributed by atoms with Crippen molar-refractivity contribution < 1.29 is 23.7 Å². The monoisotopic (exact) mass is 582 g/mol. The molecular weight excluding hydrogens is 544 g/mol. The first-order valence-corrected chi connectivity index (χ1v) is 13.7. The summed E-state index contributed by atoms with van der Waals surface area (Å²) in [4.78, 5) is 45.9. The topological polar surface area (TPSA) is 122 Å². The largest absolute Gasteiger partial charge is 0.493 e. The highest BCUT2D eigenvalue weighted by Gasteiger charge is 2.20. The van der Waals surface area contributed by atoms with Crippen LogP contribution in [0.2, 0.25) is 0 Å². The number of nitrogens with zero attached hydrogens (tertiary/aromatic N) is 6. The van der Waals surface area contributed by atoms with Crippen molar-refractivity contribution >= 4 is 23.1 Å². The van der Waals surface area contributed by atoms with Crippen LogP contribution in [0.25, 0.3) is 17.2 Å². The van der Waals surface area contributed by atoms with Crippen molar-refractivity contribution in [2.75, 3.05) is 53.6 Å². The van der Waals surface area contributed by atoms with E-state index >= 15 is 0 Å². The van der Waals surface area contributed by atoms with Crippen LogP contribution in [0.15, 0.2) is 52.3 Å². The van der Waals surface area contributed by atoms with Gasteiger partial charge in [-0.05, 0) is 24.6 Å². The molecule has 1 atom stereocenters. The summed E-state index contributed by atoms with van der Waals surface area (Å²) in [7, 11) is 6.13. The molecule has 42 heavy (non-hydrogen) atoms. The number of rotatable bonds is 12. The van der Waals surface area contributed by atoms with Crippen LogP contribution in [0.1, 0.15) is 12.5 Å². The van der Waals surface area contributed by atoms with E-state index in [2.05, 4.69) is 9.88 Å². The maximum atomic E-state index is 12.7. The molecule has 1 aliphatic rings. The van der Waals surface area contributed by atoms with Crippen molar-refractivity contribution in [1.29, 1.82) is 0 Å². The maximum absolute atomic E-state index is 12.7. The maximum Gasteiger partial charge on any atom is 0.332 e. The number of carbonyl (C=O) groups is 1. The zero-order valence-electron chi connectivity index (χ0n) is 24.7. The smallest absolute Gasteiger partial charge is 0.332 e. The van der Waals surface area contributed by atoms with Gasteiger partial charge in [0.15, 0.2) is 22.7 Å². The fourth-order valence-corrected chi connectivity index (χ4v) is 4.69. The molecule has 0 radical (unpaired) electrons. The molecule has 0 aliphatic carbocycles. The van der Waals surface area contributed by atoms with E-state index in [9.17, 15) is 14.4 Å². The van der Waals surface area contributed by atoms with E-state index in [1.54, 1.807) is 49.3 Å². The van der Waals surface area contributed by atoms with Crippen molar-refractivity contribution in [3.63, 3.8) is 0 Å². The van der Waals surface area contributed by atoms with E-state index in [0.29, 0.717) is 55.4 Å². The van der Waals surface area contributed by atoms with Crippen molar-refractivity contribution in [2.45, 2.75) is 19.9 Å². The van der Waals surface area contributed by atoms with Gasteiger partial charge in [-0.1, -0.05) is 24.3 Å². The number of aromatic nitrogens is 4. The van der Waals surface area contributed by atoms with Gasteiger partial charge in [0.2, 0.25) is 5.91 Å². The summed E-state index contributed by atoms with van der Waals surface area (Å²) in [5.74, 6) is 0.979. The second-order valence-electron chi connectivity index (χ2n) is 9.71. The van der Waals surface area contributed by atoms with Gasteiger partial charge in [0.1, 0.15) is 0 Å². The van der Waals surface area contributed by atoms with E-state index in [-0.39, 0.29) is 11.5 Å².